The molecule has 1 atom stereocenters. The molecule has 0 aliphatic carbocycles. The van der Waals surface area contributed by atoms with Gasteiger partial charge in [-0.25, -0.2) is 13.2 Å². The Morgan fingerprint density at radius 1 is 1.20 bits per heavy atom. The molecule has 2 amide bonds. The maximum atomic E-state index is 12.9. The number of sulfone groups is 1. The Bertz CT molecular complexity index is 1060. The van der Waals surface area contributed by atoms with E-state index in [2.05, 4.69) is 10.2 Å². The van der Waals surface area contributed by atoms with Crippen LogP contribution in [0.15, 0.2) is 47.4 Å². The second-order valence-electron chi connectivity index (χ2n) is 8.08. The molecule has 2 heterocycles. The third kappa shape index (κ3) is 4.63. The van der Waals surface area contributed by atoms with Crippen LogP contribution in [0, 0.1) is 0 Å². The molecule has 1 unspecified atom stereocenters. The molecular formula is C22H26ClN3O3S. The zero-order chi connectivity index (χ0) is 21.3. The first-order chi connectivity index (χ1) is 14.3. The number of carbonyl (C=O) groups excluding carboxylic acids is 1. The van der Waals surface area contributed by atoms with Gasteiger partial charge in [-0.2, -0.15) is 0 Å². The average molecular weight is 448 g/mol. The molecule has 2 aliphatic rings. The Morgan fingerprint density at radius 3 is 2.80 bits per heavy atom. The van der Waals surface area contributed by atoms with E-state index in [1.807, 2.05) is 30.3 Å². The van der Waals surface area contributed by atoms with Crippen molar-refractivity contribution in [3.8, 4) is 0 Å². The van der Waals surface area contributed by atoms with Gasteiger partial charge in [0.1, 0.15) is 0 Å². The van der Waals surface area contributed by atoms with E-state index in [1.165, 1.54) is 6.26 Å². The molecule has 2 aromatic rings. The van der Waals surface area contributed by atoms with Crippen LogP contribution in [0.25, 0.3) is 0 Å². The minimum Gasteiger partial charge on any atom is -0.334 e. The minimum atomic E-state index is -3.27. The van der Waals surface area contributed by atoms with Crippen molar-refractivity contribution in [2.24, 2.45) is 0 Å². The first kappa shape index (κ1) is 21.2. The Labute approximate surface area is 182 Å². The zero-order valence-corrected chi connectivity index (χ0v) is 18.5. The SMILES string of the molecule is CS(=O)(=O)c1ccccc1CN1CCCC(NC(=O)N2CCc3cc(Cl)ccc32)C1. The lowest BCUT2D eigenvalue weighted by Gasteiger charge is -2.34. The number of amides is 2. The van der Waals surface area contributed by atoms with Crippen molar-refractivity contribution < 1.29 is 13.2 Å². The maximum absolute atomic E-state index is 12.9. The summed E-state index contributed by atoms with van der Waals surface area (Å²) in [5, 5.41) is 3.86. The zero-order valence-electron chi connectivity index (χ0n) is 17.0. The Balaban J connectivity index is 1.41. The van der Waals surface area contributed by atoms with Gasteiger partial charge in [0.15, 0.2) is 9.84 Å². The molecule has 4 rings (SSSR count). The van der Waals surface area contributed by atoms with E-state index < -0.39 is 9.84 Å². The molecule has 0 radical (unpaired) electrons. The van der Waals surface area contributed by atoms with E-state index in [0.717, 1.165) is 42.6 Å². The second kappa shape index (κ2) is 8.57. The van der Waals surface area contributed by atoms with Gasteiger partial charge in [-0.15, -0.1) is 0 Å². The predicted molar refractivity (Wildman–Crippen MR) is 119 cm³/mol. The fourth-order valence-electron chi connectivity index (χ4n) is 4.39. The van der Waals surface area contributed by atoms with Crippen molar-refractivity contribution in [2.45, 2.75) is 36.7 Å². The maximum Gasteiger partial charge on any atom is 0.322 e. The lowest BCUT2D eigenvalue weighted by Crippen LogP contribution is -2.51. The number of hydrogen-bond donors (Lipinski definition) is 1. The topological polar surface area (TPSA) is 69.7 Å². The Morgan fingerprint density at radius 2 is 2.00 bits per heavy atom. The highest BCUT2D eigenvalue weighted by molar-refractivity contribution is 7.90. The molecule has 6 nitrogen and oxygen atoms in total. The van der Waals surface area contributed by atoms with Crippen LogP contribution < -0.4 is 10.2 Å². The third-order valence-corrected chi connectivity index (χ3v) is 7.21. The molecule has 2 aromatic carbocycles. The molecule has 160 valence electrons. The molecule has 0 aromatic heterocycles. The van der Waals surface area contributed by atoms with E-state index >= 15 is 0 Å². The number of hydrogen-bond acceptors (Lipinski definition) is 4. The summed E-state index contributed by atoms with van der Waals surface area (Å²) in [4.78, 5) is 17.3. The highest BCUT2D eigenvalue weighted by Gasteiger charge is 2.28. The van der Waals surface area contributed by atoms with Crippen LogP contribution in [-0.2, 0) is 22.8 Å². The van der Waals surface area contributed by atoms with E-state index in [4.69, 9.17) is 11.6 Å². The monoisotopic (exact) mass is 447 g/mol. The molecular weight excluding hydrogens is 422 g/mol. The van der Waals surface area contributed by atoms with Gasteiger partial charge < -0.3 is 5.32 Å². The highest BCUT2D eigenvalue weighted by atomic mass is 35.5. The van der Waals surface area contributed by atoms with E-state index in [-0.39, 0.29) is 12.1 Å². The van der Waals surface area contributed by atoms with Crippen molar-refractivity contribution in [1.29, 1.82) is 0 Å². The minimum absolute atomic E-state index is 0.0352. The summed E-state index contributed by atoms with van der Waals surface area (Å²) < 4.78 is 24.2. The standard InChI is InChI=1S/C22H26ClN3O3S/c1-30(28,29)21-7-3-2-5-17(21)14-25-11-4-6-19(15-25)24-22(27)26-12-10-16-13-18(23)8-9-20(16)26/h2-3,5,7-9,13,19H,4,6,10-12,14-15H2,1H3,(H,24,27). The summed E-state index contributed by atoms with van der Waals surface area (Å²) in [6.45, 7) is 2.79. The molecule has 1 N–H and O–H groups in total. The van der Waals surface area contributed by atoms with Crippen molar-refractivity contribution in [2.75, 3.05) is 30.8 Å². The number of nitrogens with one attached hydrogen (secondary N) is 1. The summed E-state index contributed by atoms with van der Waals surface area (Å²) in [6.07, 6.45) is 3.92. The Kier molecular flexibility index (Phi) is 6.04. The van der Waals surface area contributed by atoms with E-state index in [0.29, 0.717) is 29.6 Å². The van der Waals surface area contributed by atoms with Crippen LogP contribution >= 0.6 is 11.6 Å². The van der Waals surface area contributed by atoms with E-state index in [1.54, 1.807) is 17.0 Å². The number of anilines is 1. The van der Waals surface area contributed by atoms with Crippen LogP contribution in [0.2, 0.25) is 5.02 Å². The predicted octanol–water partition coefficient (Wildman–Crippen LogP) is 3.48. The fourth-order valence-corrected chi connectivity index (χ4v) is 5.52. The van der Waals surface area contributed by atoms with Gasteiger partial charge in [0.05, 0.1) is 4.90 Å². The highest BCUT2D eigenvalue weighted by Crippen LogP contribution is 2.30. The van der Waals surface area contributed by atoms with Crippen molar-refractivity contribution in [3.05, 3.63) is 58.6 Å². The normalized spacial score (nSPS) is 19.5. The number of halogens is 1. The molecule has 1 saturated heterocycles. The summed E-state index contributed by atoms with van der Waals surface area (Å²) in [6, 6.07) is 12.7. The number of likely N-dealkylation sites (tertiary alicyclic amines) is 1. The summed E-state index contributed by atoms with van der Waals surface area (Å²) in [5.41, 5.74) is 2.82. The van der Waals surface area contributed by atoms with Crippen molar-refractivity contribution in [3.63, 3.8) is 0 Å². The van der Waals surface area contributed by atoms with Crippen LogP contribution in [0.3, 0.4) is 0 Å². The third-order valence-electron chi connectivity index (χ3n) is 5.78. The van der Waals surface area contributed by atoms with Crippen LogP contribution in [-0.4, -0.2) is 51.3 Å². The average Bonchev–Trinajstić information content (AvgIpc) is 3.11. The second-order valence-corrected chi connectivity index (χ2v) is 10.5. The molecule has 2 aliphatic heterocycles. The first-order valence-electron chi connectivity index (χ1n) is 10.2. The van der Waals surface area contributed by atoms with Gasteiger partial charge in [-0.3, -0.25) is 9.80 Å². The number of carbonyl (C=O) groups is 1. The lowest BCUT2D eigenvalue weighted by atomic mass is 10.0. The van der Waals surface area contributed by atoms with Gasteiger partial charge in [-0.1, -0.05) is 29.8 Å². The number of fused-ring (bicyclic) bond motifs is 1. The number of rotatable bonds is 4. The largest absolute Gasteiger partial charge is 0.334 e. The summed E-state index contributed by atoms with van der Waals surface area (Å²) in [7, 11) is -3.27. The smallest absolute Gasteiger partial charge is 0.322 e. The molecule has 0 spiro atoms. The first-order valence-corrected chi connectivity index (χ1v) is 12.4. The lowest BCUT2D eigenvalue weighted by molar-refractivity contribution is 0.181. The quantitative estimate of drug-likeness (QED) is 0.779. The molecule has 1 fully saturated rings. The molecule has 8 heteroatoms. The van der Waals surface area contributed by atoms with Crippen LogP contribution in [0.1, 0.15) is 24.0 Å². The number of piperidine rings is 1. The van der Waals surface area contributed by atoms with Crippen LogP contribution in [0.4, 0.5) is 10.5 Å². The van der Waals surface area contributed by atoms with E-state index in [9.17, 15) is 13.2 Å². The van der Waals surface area contributed by atoms with Crippen LogP contribution in [0.5, 0.6) is 0 Å². The number of nitrogens with zero attached hydrogens (tertiary/aromatic N) is 2. The van der Waals surface area contributed by atoms with Gasteiger partial charge >= 0.3 is 6.03 Å². The van der Waals surface area contributed by atoms with Gasteiger partial charge in [-0.05, 0) is 61.2 Å². The molecule has 30 heavy (non-hydrogen) atoms. The number of benzene rings is 2. The van der Waals surface area contributed by atoms with Crippen molar-refractivity contribution in [1.82, 2.24) is 10.2 Å². The summed E-state index contributed by atoms with van der Waals surface area (Å²) in [5.74, 6) is 0. The van der Waals surface area contributed by atoms with Gasteiger partial charge in [0, 0.05) is 42.6 Å². The summed E-state index contributed by atoms with van der Waals surface area (Å²) >= 11 is 6.07. The Hall–Kier alpha value is -2.09. The molecule has 0 saturated carbocycles. The van der Waals surface area contributed by atoms with Gasteiger partial charge in [0.25, 0.3) is 0 Å². The van der Waals surface area contributed by atoms with Crippen molar-refractivity contribution >= 4 is 33.2 Å². The van der Waals surface area contributed by atoms with Gasteiger partial charge in [0.2, 0.25) is 0 Å². The number of urea groups is 1. The fraction of sp³-hybridized carbons (Fsp3) is 0.409. The molecule has 0 bridgehead atoms.